The molecule has 37 heavy (non-hydrogen) atoms. The van der Waals surface area contributed by atoms with E-state index in [1.807, 2.05) is 91.0 Å². The molecule has 0 radical (unpaired) electrons. The van der Waals surface area contributed by atoms with E-state index in [0.717, 1.165) is 16.7 Å². The molecule has 0 heterocycles. The summed E-state index contributed by atoms with van der Waals surface area (Å²) >= 11 is 0. The van der Waals surface area contributed by atoms with Gasteiger partial charge in [0.25, 0.3) is 0 Å². The minimum Gasteiger partial charge on any atom is -0.388 e. The summed E-state index contributed by atoms with van der Waals surface area (Å²) in [5.41, 5.74) is 2.61. The van der Waals surface area contributed by atoms with Crippen LogP contribution in [0.25, 0.3) is 0 Å². The molecule has 2 N–H and O–H groups in total. The van der Waals surface area contributed by atoms with Crippen molar-refractivity contribution < 1.29 is 38.0 Å². The van der Waals surface area contributed by atoms with Gasteiger partial charge in [-0.15, -0.1) is 0 Å². The van der Waals surface area contributed by atoms with Crippen LogP contribution in [-0.4, -0.2) is 55.2 Å². The van der Waals surface area contributed by atoms with Crippen molar-refractivity contribution >= 4 is 7.60 Å². The molecule has 0 aliphatic rings. The molecule has 0 saturated heterocycles. The number of ether oxygens (including phenoxy) is 3. The monoisotopic (exact) mass is 530 g/mol. The minimum absolute atomic E-state index is 0.0682. The Balaban J connectivity index is 1.83. The fourth-order valence-electron chi connectivity index (χ4n) is 3.75. The average Bonchev–Trinajstić information content (AvgIpc) is 2.95. The van der Waals surface area contributed by atoms with Gasteiger partial charge in [0, 0.05) is 14.2 Å². The molecule has 9 heteroatoms. The summed E-state index contributed by atoms with van der Waals surface area (Å²) in [6.07, 6.45) is -3.64. The van der Waals surface area contributed by atoms with Crippen molar-refractivity contribution in [2.45, 2.75) is 44.0 Å². The zero-order valence-electron chi connectivity index (χ0n) is 21.1. The average molecular weight is 531 g/mol. The first-order valence-electron chi connectivity index (χ1n) is 12.0. The van der Waals surface area contributed by atoms with Crippen molar-refractivity contribution in [2.75, 3.05) is 20.8 Å². The Bertz CT molecular complexity index is 1060. The van der Waals surface area contributed by atoms with Crippen LogP contribution in [-0.2, 0) is 47.6 Å². The third-order valence-corrected chi connectivity index (χ3v) is 7.76. The quantitative estimate of drug-likeness (QED) is 0.260. The van der Waals surface area contributed by atoms with Crippen molar-refractivity contribution in [2.24, 2.45) is 0 Å². The molecular formula is C28H35O8P. The fraction of sp³-hybridized carbons (Fsp3) is 0.357. The van der Waals surface area contributed by atoms with Gasteiger partial charge in [-0.3, -0.25) is 4.57 Å². The van der Waals surface area contributed by atoms with Gasteiger partial charge >= 0.3 is 7.60 Å². The second kappa shape index (κ2) is 15.1. The third kappa shape index (κ3) is 8.85. The maximum Gasteiger partial charge on any atom is 0.361 e. The zero-order chi connectivity index (χ0) is 26.5. The summed E-state index contributed by atoms with van der Waals surface area (Å²) in [5.74, 6) is -1.74. The van der Waals surface area contributed by atoms with Crippen LogP contribution in [0.1, 0.15) is 16.7 Å². The first kappa shape index (κ1) is 29.2. The summed E-state index contributed by atoms with van der Waals surface area (Å²) in [4.78, 5) is 0. The SMILES string of the molecule is COP(=O)(OC)[C@H](O)[C@@H](OCc1ccccc1)[C@H](OCc1ccccc1)[C@H](O)COCc1ccccc1. The Morgan fingerprint density at radius 2 is 1.05 bits per heavy atom. The maximum atomic E-state index is 13.2. The van der Waals surface area contributed by atoms with Gasteiger partial charge in [0.05, 0.1) is 26.4 Å². The van der Waals surface area contributed by atoms with E-state index < -0.39 is 31.8 Å². The highest BCUT2D eigenvalue weighted by Crippen LogP contribution is 2.53. The number of aliphatic hydroxyl groups is 2. The first-order chi connectivity index (χ1) is 18.0. The highest BCUT2D eigenvalue weighted by molar-refractivity contribution is 7.54. The lowest BCUT2D eigenvalue weighted by Gasteiger charge is -2.35. The molecule has 0 aliphatic heterocycles. The molecule has 8 nitrogen and oxygen atoms in total. The van der Waals surface area contributed by atoms with Crippen molar-refractivity contribution in [3.63, 3.8) is 0 Å². The van der Waals surface area contributed by atoms with Gasteiger partial charge in [-0.05, 0) is 16.7 Å². The molecular weight excluding hydrogens is 495 g/mol. The number of aliphatic hydroxyl groups excluding tert-OH is 2. The molecule has 0 fully saturated rings. The van der Waals surface area contributed by atoms with Gasteiger partial charge in [-0.2, -0.15) is 0 Å². The van der Waals surface area contributed by atoms with Gasteiger partial charge in [-0.25, -0.2) is 0 Å². The van der Waals surface area contributed by atoms with Crippen LogP contribution in [0, 0.1) is 0 Å². The molecule has 0 spiro atoms. The van der Waals surface area contributed by atoms with E-state index in [0.29, 0.717) is 0 Å². The number of hydrogen-bond acceptors (Lipinski definition) is 8. The van der Waals surface area contributed by atoms with E-state index in [9.17, 15) is 14.8 Å². The second-order valence-electron chi connectivity index (χ2n) is 8.41. The molecule has 0 amide bonds. The fourth-order valence-corrected chi connectivity index (χ4v) is 4.94. The van der Waals surface area contributed by atoms with Gasteiger partial charge in [-0.1, -0.05) is 91.0 Å². The lowest BCUT2D eigenvalue weighted by atomic mass is 10.1. The molecule has 0 unspecified atom stereocenters. The number of hydrogen-bond donors (Lipinski definition) is 2. The maximum absolute atomic E-state index is 13.2. The molecule has 4 atom stereocenters. The van der Waals surface area contributed by atoms with E-state index in [4.69, 9.17) is 23.3 Å². The van der Waals surface area contributed by atoms with Crippen LogP contribution >= 0.6 is 7.60 Å². The Morgan fingerprint density at radius 3 is 1.49 bits per heavy atom. The van der Waals surface area contributed by atoms with Crippen LogP contribution in [0.4, 0.5) is 0 Å². The Kier molecular flexibility index (Phi) is 11.9. The summed E-state index contributed by atoms with van der Waals surface area (Å²) in [6, 6.07) is 28.2. The van der Waals surface area contributed by atoms with E-state index in [-0.39, 0.29) is 26.4 Å². The van der Waals surface area contributed by atoms with Crippen LogP contribution < -0.4 is 0 Å². The number of benzene rings is 3. The van der Waals surface area contributed by atoms with Crippen molar-refractivity contribution in [3.8, 4) is 0 Å². The minimum atomic E-state index is -4.01. The normalized spacial score (nSPS) is 15.1. The Morgan fingerprint density at radius 1 is 0.649 bits per heavy atom. The largest absolute Gasteiger partial charge is 0.388 e. The molecule has 0 aromatic heterocycles. The van der Waals surface area contributed by atoms with Crippen LogP contribution in [0.15, 0.2) is 91.0 Å². The van der Waals surface area contributed by atoms with E-state index in [2.05, 4.69) is 0 Å². The summed E-state index contributed by atoms with van der Waals surface area (Å²) < 4.78 is 41.2. The predicted octanol–water partition coefficient (Wildman–Crippen LogP) is 4.54. The van der Waals surface area contributed by atoms with Gasteiger partial charge in [0.15, 0.2) is 5.85 Å². The predicted molar refractivity (Wildman–Crippen MR) is 140 cm³/mol. The zero-order valence-corrected chi connectivity index (χ0v) is 22.0. The highest BCUT2D eigenvalue weighted by atomic mass is 31.2. The molecule has 3 aromatic rings. The number of rotatable bonds is 16. The lowest BCUT2D eigenvalue weighted by molar-refractivity contribution is -0.166. The third-order valence-electron chi connectivity index (χ3n) is 5.80. The van der Waals surface area contributed by atoms with Crippen molar-refractivity contribution in [1.29, 1.82) is 0 Å². The molecule has 0 saturated carbocycles. The summed E-state index contributed by atoms with van der Waals surface area (Å²) in [5, 5.41) is 22.3. The standard InChI is InChI=1S/C28H35O8P/c1-32-37(31,33-2)28(30)27(36-20-24-16-10-5-11-17-24)26(35-19-23-14-8-4-9-15-23)25(29)21-34-18-22-12-6-3-7-13-22/h3-17,25-30H,18-21H2,1-2H3/t25-,26-,27+,28+/m1/s1. The topological polar surface area (TPSA) is 104 Å². The Labute approximate surface area is 218 Å². The van der Waals surface area contributed by atoms with Crippen molar-refractivity contribution in [3.05, 3.63) is 108 Å². The smallest absolute Gasteiger partial charge is 0.361 e. The molecule has 200 valence electrons. The highest BCUT2D eigenvalue weighted by Gasteiger charge is 2.46. The summed E-state index contributed by atoms with van der Waals surface area (Å²) in [7, 11) is -1.65. The molecule has 3 aromatic carbocycles. The van der Waals surface area contributed by atoms with E-state index in [1.54, 1.807) is 0 Å². The molecule has 0 bridgehead atoms. The molecule has 3 rings (SSSR count). The van der Waals surface area contributed by atoms with Gasteiger partial charge < -0.3 is 33.5 Å². The van der Waals surface area contributed by atoms with E-state index in [1.165, 1.54) is 14.2 Å². The van der Waals surface area contributed by atoms with Gasteiger partial charge in [0.2, 0.25) is 0 Å². The summed E-state index contributed by atoms with van der Waals surface area (Å²) in [6.45, 7) is 0.342. The van der Waals surface area contributed by atoms with Crippen LogP contribution in [0.3, 0.4) is 0 Å². The van der Waals surface area contributed by atoms with Crippen LogP contribution in [0.5, 0.6) is 0 Å². The van der Waals surface area contributed by atoms with Gasteiger partial charge in [0.1, 0.15) is 18.3 Å². The Hall–Kier alpha value is -2.39. The second-order valence-corrected chi connectivity index (χ2v) is 10.7. The van der Waals surface area contributed by atoms with E-state index >= 15 is 0 Å². The lowest BCUT2D eigenvalue weighted by Crippen LogP contribution is -2.49. The van der Waals surface area contributed by atoms with Crippen LogP contribution in [0.2, 0.25) is 0 Å². The van der Waals surface area contributed by atoms with Crippen molar-refractivity contribution in [1.82, 2.24) is 0 Å². The molecule has 0 aliphatic carbocycles. The first-order valence-corrected chi connectivity index (χ1v) is 13.6.